The molecule has 1 amide bonds. The van der Waals surface area contributed by atoms with Crippen molar-refractivity contribution in [3.05, 3.63) is 71.3 Å². The second-order valence-corrected chi connectivity index (χ2v) is 5.29. The van der Waals surface area contributed by atoms with Gasteiger partial charge in [-0.15, -0.1) is 0 Å². The van der Waals surface area contributed by atoms with Gasteiger partial charge in [-0.25, -0.2) is 4.79 Å². The van der Waals surface area contributed by atoms with Crippen molar-refractivity contribution in [3.8, 4) is 0 Å². The van der Waals surface area contributed by atoms with Crippen LogP contribution >= 0.6 is 0 Å². The zero-order valence-electron chi connectivity index (χ0n) is 13.7. The maximum atomic E-state index is 12.8. The normalized spacial score (nSPS) is 11.6. The number of carbonyl (C=O) groups is 2. The van der Waals surface area contributed by atoms with E-state index in [-0.39, 0.29) is 5.91 Å². The van der Waals surface area contributed by atoms with Crippen molar-refractivity contribution in [2.45, 2.75) is 19.9 Å². The minimum atomic E-state index is -0.752. The van der Waals surface area contributed by atoms with Crippen LogP contribution in [0.2, 0.25) is 0 Å². The van der Waals surface area contributed by atoms with Gasteiger partial charge in [-0.2, -0.15) is 0 Å². The number of nitrogens with zero attached hydrogens (tertiary/aromatic N) is 1. The molecule has 2 aromatic rings. The highest BCUT2D eigenvalue weighted by Gasteiger charge is 2.31. The fraction of sp³-hybridized carbons (Fsp3) is 0.263. The van der Waals surface area contributed by atoms with Gasteiger partial charge < -0.3 is 9.64 Å². The lowest BCUT2D eigenvalue weighted by Crippen LogP contribution is -2.39. The van der Waals surface area contributed by atoms with Gasteiger partial charge in [-0.3, -0.25) is 4.79 Å². The molecule has 2 aromatic carbocycles. The van der Waals surface area contributed by atoms with Crippen molar-refractivity contribution in [3.63, 3.8) is 0 Å². The highest BCUT2D eigenvalue weighted by Crippen LogP contribution is 2.24. The van der Waals surface area contributed by atoms with Gasteiger partial charge in [0.15, 0.2) is 6.04 Å². The van der Waals surface area contributed by atoms with E-state index in [0.29, 0.717) is 12.1 Å². The number of methoxy groups -OCH3 is 1. The smallest absolute Gasteiger partial charge is 0.333 e. The van der Waals surface area contributed by atoms with Gasteiger partial charge in [0, 0.05) is 12.1 Å². The van der Waals surface area contributed by atoms with Gasteiger partial charge in [0.05, 0.1) is 7.11 Å². The average molecular weight is 311 g/mol. The molecule has 0 saturated carbocycles. The Morgan fingerprint density at radius 2 is 1.65 bits per heavy atom. The maximum absolute atomic E-state index is 12.8. The molecule has 0 fully saturated rings. The van der Waals surface area contributed by atoms with Crippen LogP contribution in [-0.2, 0) is 9.53 Å². The van der Waals surface area contributed by atoms with E-state index in [2.05, 4.69) is 0 Å². The summed E-state index contributed by atoms with van der Waals surface area (Å²) < 4.78 is 4.93. The second-order valence-electron chi connectivity index (χ2n) is 5.29. The first-order valence-corrected chi connectivity index (χ1v) is 7.59. The van der Waals surface area contributed by atoms with E-state index in [9.17, 15) is 9.59 Å². The molecule has 0 saturated heterocycles. The summed E-state index contributed by atoms with van der Waals surface area (Å²) in [6.07, 6.45) is 0. The van der Waals surface area contributed by atoms with E-state index in [1.807, 2.05) is 44.2 Å². The molecule has 0 N–H and O–H groups in total. The molecule has 0 aliphatic heterocycles. The molecule has 0 spiro atoms. The van der Waals surface area contributed by atoms with E-state index in [4.69, 9.17) is 4.74 Å². The molecule has 2 rings (SSSR count). The Morgan fingerprint density at radius 1 is 1.04 bits per heavy atom. The van der Waals surface area contributed by atoms with E-state index in [1.54, 1.807) is 24.3 Å². The topological polar surface area (TPSA) is 46.6 Å². The number of esters is 1. The fourth-order valence-electron chi connectivity index (χ4n) is 2.49. The first-order chi connectivity index (χ1) is 11.1. The number of ether oxygens (including phenoxy) is 1. The predicted octanol–water partition coefficient (Wildman–Crippen LogP) is 3.37. The Labute approximate surface area is 136 Å². The Hall–Kier alpha value is -2.62. The van der Waals surface area contributed by atoms with E-state index in [1.165, 1.54) is 12.0 Å². The summed E-state index contributed by atoms with van der Waals surface area (Å²) >= 11 is 0. The third kappa shape index (κ3) is 3.77. The van der Waals surface area contributed by atoms with Crippen molar-refractivity contribution in [2.75, 3.05) is 13.7 Å². The van der Waals surface area contributed by atoms with Crippen LogP contribution in [0.15, 0.2) is 54.6 Å². The summed E-state index contributed by atoms with van der Waals surface area (Å²) in [6, 6.07) is 15.8. The Bertz CT molecular complexity index is 665. The summed E-state index contributed by atoms with van der Waals surface area (Å²) in [5, 5.41) is 0. The number of hydrogen-bond donors (Lipinski definition) is 0. The van der Waals surface area contributed by atoms with Crippen LogP contribution in [0.5, 0.6) is 0 Å². The Kier molecular flexibility index (Phi) is 5.52. The first-order valence-electron chi connectivity index (χ1n) is 7.59. The third-order valence-corrected chi connectivity index (χ3v) is 3.75. The summed E-state index contributed by atoms with van der Waals surface area (Å²) in [4.78, 5) is 26.6. The van der Waals surface area contributed by atoms with Crippen LogP contribution in [0.4, 0.5) is 0 Å². The number of aryl methyl sites for hydroxylation is 1. The minimum absolute atomic E-state index is 0.191. The lowest BCUT2D eigenvalue weighted by Gasteiger charge is -2.29. The van der Waals surface area contributed by atoms with Crippen molar-refractivity contribution >= 4 is 11.9 Å². The van der Waals surface area contributed by atoms with Crippen LogP contribution in [0.25, 0.3) is 0 Å². The number of rotatable bonds is 5. The lowest BCUT2D eigenvalue weighted by atomic mass is 10.0. The van der Waals surface area contributed by atoms with Gasteiger partial charge in [0.1, 0.15) is 0 Å². The van der Waals surface area contributed by atoms with Gasteiger partial charge in [-0.1, -0.05) is 48.0 Å². The molecular formula is C19H21NO3. The fourth-order valence-corrected chi connectivity index (χ4v) is 2.49. The van der Waals surface area contributed by atoms with Crippen LogP contribution in [-0.4, -0.2) is 30.4 Å². The molecule has 0 heterocycles. The Morgan fingerprint density at radius 3 is 2.17 bits per heavy atom. The maximum Gasteiger partial charge on any atom is 0.333 e. The molecule has 23 heavy (non-hydrogen) atoms. The summed E-state index contributed by atoms with van der Waals surface area (Å²) in [6.45, 7) is 4.23. The standard InChI is InChI=1S/C19H21NO3/c1-4-20(18(21)16-8-6-5-7-9-16)17(19(22)23-3)15-12-10-14(2)11-13-15/h5-13,17H,4H2,1-3H3. The molecule has 4 heteroatoms. The van der Waals surface area contributed by atoms with Gasteiger partial charge in [0.25, 0.3) is 5.91 Å². The minimum Gasteiger partial charge on any atom is -0.467 e. The lowest BCUT2D eigenvalue weighted by molar-refractivity contribution is -0.146. The highest BCUT2D eigenvalue weighted by atomic mass is 16.5. The van der Waals surface area contributed by atoms with Gasteiger partial charge in [-0.05, 0) is 31.5 Å². The van der Waals surface area contributed by atoms with E-state index in [0.717, 1.165) is 11.1 Å². The zero-order chi connectivity index (χ0) is 16.8. The van der Waals surface area contributed by atoms with Gasteiger partial charge >= 0.3 is 5.97 Å². The SMILES string of the molecule is CCN(C(=O)c1ccccc1)C(C(=O)OC)c1ccc(C)cc1. The number of benzene rings is 2. The van der Waals surface area contributed by atoms with Gasteiger partial charge in [0.2, 0.25) is 0 Å². The second kappa shape index (κ2) is 7.58. The molecule has 0 bridgehead atoms. The summed E-state index contributed by atoms with van der Waals surface area (Å²) in [5.41, 5.74) is 2.39. The van der Waals surface area contributed by atoms with Crippen molar-refractivity contribution < 1.29 is 14.3 Å². The van der Waals surface area contributed by atoms with Crippen LogP contribution in [0.3, 0.4) is 0 Å². The molecule has 4 nitrogen and oxygen atoms in total. The molecular weight excluding hydrogens is 290 g/mol. The predicted molar refractivity (Wildman–Crippen MR) is 89.1 cm³/mol. The van der Waals surface area contributed by atoms with E-state index >= 15 is 0 Å². The molecule has 0 aromatic heterocycles. The highest BCUT2D eigenvalue weighted by molar-refractivity contribution is 5.97. The van der Waals surface area contributed by atoms with Crippen LogP contribution in [0, 0.1) is 6.92 Å². The monoisotopic (exact) mass is 311 g/mol. The van der Waals surface area contributed by atoms with Crippen molar-refractivity contribution in [1.29, 1.82) is 0 Å². The van der Waals surface area contributed by atoms with Crippen LogP contribution < -0.4 is 0 Å². The number of carbonyl (C=O) groups excluding carboxylic acids is 2. The number of amides is 1. The number of likely N-dealkylation sites (N-methyl/N-ethyl adjacent to an activating group) is 1. The number of hydrogen-bond acceptors (Lipinski definition) is 3. The molecule has 1 atom stereocenters. The van der Waals surface area contributed by atoms with Crippen LogP contribution in [0.1, 0.15) is 34.5 Å². The first kappa shape index (κ1) is 16.7. The summed E-state index contributed by atoms with van der Waals surface area (Å²) in [7, 11) is 1.34. The van der Waals surface area contributed by atoms with Crippen molar-refractivity contribution in [1.82, 2.24) is 4.90 Å². The average Bonchev–Trinajstić information content (AvgIpc) is 2.60. The molecule has 0 aliphatic rings. The largest absolute Gasteiger partial charge is 0.467 e. The zero-order valence-corrected chi connectivity index (χ0v) is 13.7. The molecule has 0 aliphatic carbocycles. The summed E-state index contributed by atoms with van der Waals surface area (Å²) in [5.74, 6) is -0.635. The molecule has 0 radical (unpaired) electrons. The molecule has 1 unspecified atom stereocenters. The Balaban J connectivity index is 2.41. The van der Waals surface area contributed by atoms with E-state index < -0.39 is 12.0 Å². The quantitative estimate of drug-likeness (QED) is 0.795. The molecule has 120 valence electrons. The third-order valence-electron chi connectivity index (χ3n) is 3.75. The van der Waals surface area contributed by atoms with Crippen molar-refractivity contribution in [2.24, 2.45) is 0 Å².